The Morgan fingerprint density at radius 1 is 1.06 bits per heavy atom. The molecule has 0 bridgehead atoms. The zero-order valence-corrected chi connectivity index (χ0v) is 12.1. The summed E-state index contributed by atoms with van der Waals surface area (Å²) < 4.78 is 5.73. The van der Waals surface area contributed by atoms with Crippen molar-refractivity contribution in [3.8, 4) is 0 Å². The molecule has 1 saturated heterocycles. The molecular weight excluding hydrogens is 222 g/mol. The van der Waals surface area contributed by atoms with Gasteiger partial charge in [0.05, 0.1) is 0 Å². The fourth-order valence-electron chi connectivity index (χ4n) is 3.85. The average molecular weight is 253 g/mol. The molecule has 1 saturated carbocycles. The van der Waals surface area contributed by atoms with Crippen LogP contribution >= 0.6 is 0 Å². The molecule has 1 aliphatic heterocycles. The summed E-state index contributed by atoms with van der Waals surface area (Å²) in [6, 6.07) is 0. The van der Waals surface area contributed by atoms with Gasteiger partial charge in [-0.2, -0.15) is 0 Å². The summed E-state index contributed by atoms with van der Waals surface area (Å²) in [6.45, 7) is 6.73. The third kappa shape index (κ3) is 4.24. The Kier molecular flexibility index (Phi) is 6.50. The van der Waals surface area contributed by atoms with E-state index in [0.717, 1.165) is 31.0 Å². The van der Waals surface area contributed by atoms with Crippen LogP contribution in [0.1, 0.15) is 58.3 Å². The van der Waals surface area contributed by atoms with E-state index in [1.807, 2.05) is 0 Å². The van der Waals surface area contributed by atoms with E-state index < -0.39 is 0 Å². The molecule has 2 fully saturated rings. The van der Waals surface area contributed by atoms with Gasteiger partial charge in [0.25, 0.3) is 0 Å². The molecule has 2 aliphatic rings. The first-order valence-electron chi connectivity index (χ1n) is 8.20. The van der Waals surface area contributed by atoms with Crippen LogP contribution in [0, 0.1) is 17.8 Å². The van der Waals surface area contributed by atoms with E-state index in [1.54, 1.807) is 0 Å². The molecule has 0 aromatic rings. The van der Waals surface area contributed by atoms with Gasteiger partial charge in [0.1, 0.15) is 0 Å². The van der Waals surface area contributed by atoms with Crippen LogP contribution in [0.25, 0.3) is 0 Å². The third-order valence-corrected chi connectivity index (χ3v) is 4.85. The first kappa shape index (κ1) is 14.3. The van der Waals surface area contributed by atoms with Gasteiger partial charge in [0.15, 0.2) is 0 Å². The van der Waals surface area contributed by atoms with Crippen LogP contribution in [0.15, 0.2) is 0 Å². The molecule has 2 rings (SSSR count). The molecule has 106 valence electrons. The van der Waals surface area contributed by atoms with Gasteiger partial charge in [-0.15, -0.1) is 0 Å². The van der Waals surface area contributed by atoms with Crippen LogP contribution in [0.2, 0.25) is 0 Å². The van der Waals surface area contributed by atoms with Crippen LogP contribution in [-0.2, 0) is 4.74 Å². The van der Waals surface area contributed by atoms with E-state index in [9.17, 15) is 0 Å². The zero-order chi connectivity index (χ0) is 12.6. The Bertz CT molecular complexity index is 213. The second-order valence-corrected chi connectivity index (χ2v) is 6.24. The quantitative estimate of drug-likeness (QED) is 0.597. The Morgan fingerprint density at radius 3 is 2.72 bits per heavy atom. The fraction of sp³-hybridized carbons (Fsp3) is 1.00. The molecule has 0 radical (unpaired) electrons. The van der Waals surface area contributed by atoms with Gasteiger partial charge in [-0.05, 0) is 62.9 Å². The first-order valence-corrected chi connectivity index (χ1v) is 8.20. The van der Waals surface area contributed by atoms with Crippen molar-refractivity contribution in [2.45, 2.75) is 58.3 Å². The van der Waals surface area contributed by atoms with Gasteiger partial charge in [-0.25, -0.2) is 0 Å². The molecule has 0 aromatic carbocycles. The summed E-state index contributed by atoms with van der Waals surface area (Å²) in [4.78, 5) is 0. The number of ether oxygens (including phenoxy) is 1. The van der Waals surface area contributed by atoms with Crippen LogP contribution in [0.3, 0.4) is 0 Å². The van der Waals surface area contributed by atoms with Crippen molar-refractivity contribution in [1.29, 1.82) is 0 Å². The van der Waals surface area contributed by atoms with Crippen LogP contribution in [-0.4, -0.2) is 26.3 Å². The lowest BCUT2D eigenvalue weighted by Crippen LogP contribution is -2.35. The Hall–Kier alpha value is -0.0800. The van der Waals surface area contributed by atoms with Crippen molar-refractivity contribution in [3.63, 3.8) is 0 Å². The van der Waals surface area contributed by atoms with Crippen LogP contribution < -0.4 is 5.32 Å². The lowest BCUT2D eigenvalue weighted by Gasteiger charge is -2.35. The summed E-state index contributed by atoms with van der Waals surface area (Å²) in [5.74, 6) is 2.69. The molecule has 2 heteroatoms. The van der Waals surface area contributed by atoms with Gasteiger partial charge in [-0.3, -0.25) is 0 Å². The number of nitrogens with one attached hydrogen (secondary N) is 1. The molecule has 2 nitrogen and oxygen atoms in total. The van der Waals surface area contributed by atoms with Crippen molar-refractivity contribution in [2.75, 3.05) is 26.3 Å². The van der Waals surface area contributed by atoms with Crippen molar-refractivity contribution < 1.29 is 4.74 Å². The minimum Gasteiger partial charge on any atom is -0.381 e. The molecule has 0 aromatic heterocycles. The first-order chi connectivity index (χ1) is 8.92. The average Bonchev–Trinajstić information content (AvgIpc) is 2.66. The molecule has 1 N–H and O–H groups in total. The van der Waals surface area contributed by atoms with E-state index in [-0.39, 0.29) is 0 Å². The molecular formula is C16H31NO. The highest BCUT2D eigenvalue weighted by atomic mass is 16.5. The molecule has 3 unspecified atom stereocenters. The molecule has 18 heavy (non-hydrogen) atoms. The van der Waals surface area contributed by atoms with E-state index >= 15 is 0 Å². The van der Waals surface area contributed by atoms with E-state index in [0.29, 0.717) is 0 Å². The molecule has 0 amide bonds. The van der Waals surface area contributed by atoms with Crippen molar-refractivity contribution in [1.82, 2.24) is 5.32 Å². The minimum absolute atomic E-state index is 0.852. The molecule has 1 heterocycles. The van der Waals surface area contributed by atoms with Crippen LogP contribution in [0.4, 0.5) is 0 Å². The molecule has 3 atom stereocenters. The van der Waals surface area contributed by atoms with Crippen molar-refractivity contribution in [2.24, 2.45) is 17.8 Å². The zero-order valence-electron chi connectivity index (χ0n) is 12.1. The predicted octanol–water partition coefficient (Wildman–Crippen LogP) is 3.61. The fourth-order valence-corrected chi connectivity index (χ4v) is 3.85. The van der Waals surface area contributed by atoms with Gasteiger partial charge in [0, 0.05) is 13.2 Å². The largest absolute Gasteiger partial charge is 0.381 e. The second kappa shape index (κ2) is 8.16. The van der Waals surface area contributed by atoms with Gasteiger partial charge in [0.2, 0.25) is 0 Å². The monoisotopic (exact) mass is 253 g/mol. The third-order valence-electron chi connectivity index (χ3n) is 4.85. The summed E-state index contributed by atoms with van der Waals surface area (Å²) >= 11 is 0. The second-order valence-electron chi connectivity index (χ2n) is 6.24. The summed E-state index contributed by atoms with van der Waals surface area (Å²) in [6.07, 6.45) is 11.2. The van der Waals surface area contributed by atoms with Gasteiger partial charge >= 0.3 is 0 Å². The maximum Gasteiger partial charge on any atom is 0.0497 e. The normalized spacial score (nSPS) is 34.2. The van der Waals surface area contributed by atoms with Gasteiger partial charge < -0.3 is 10.1 Å². The predicted molar refractivity (Wildman–Crippen MR) is 76.8 cm³/mol. The lowest BCUT2D eigenvalue weighted by molar-refractivity contribution is 0.0144. The highest BCUT2D eigenvalue weighted by Crippen LogP contribution is 2.37. The summed E-state index contributed by atoms with van der Waals surface area (Å²) in [5.41, 5.74) is 0. The van der Waals surface area contributed by atoms with Crippen molar-refractivity contribution in [3.05, 3.63) is 0 Å². The number of hydrogen-bond donors (Lipinski definition) is 1. The van der Waals surface area contributed by atoms with E-state index in [2.05, 4.69) is 12.2 Å². The van der Waals surface area contributed by atoms with E-state index in [1.165, 1.54) is 64.5 Å². The highest BCUT2D eigenvalue weighted by Gasteiger charge is 2.31. The lowest BCUT2D eigenvalue weighted by atomic mass is 9.76. The maximum atomic E-state index is 5.73. The smallest absolute Gasteiger partial charge is 0.0497 e. The number of hydrogen-bond acceptors (Lipinski definition) is 2. The summed E-state index contributed by atoms with van der Waals surface area (Å²) in [7, 11) is 0. The Balaban J connectivity index is 1.88. The topological polar surface area (TPSA) is 21.3 Å². The molecule has 0 spiro atoms. The standard InChI is InChI=1S/C16H31NO/c1-2-10-17-12-14-7-4-3-5-9-16(14)15-8-6-11-18-13-15/h14-17H,2-13H2,1H3. The summed E-state index contributed by atoms with van der Waals surface area (Å²) in [5, 5.41) is 3.66. The highest BCUT2D eigenvalue weighted by molar-refractivity contribution is 4.82. The van der Waals surface area contributed by atoms with Gasteiger partial charge in [-0.1, -0.05) is 26.2 Å². The SMILES string of the molecule is CCCNCC1CCCCCC1C1CCCOC1. The molecule has 1 aliphatic carbocycles. The number of rotatable bonds is 5. The minimum atomic E-state index is 0.852. The Morgan fingerprint density at radius 2 is 1.94 bits per heavy atom. The van der Waals surface area contributed by atoms with Crippen LogP contribution in [0.5, 0.6) is 0 Å². The maximum absolute atomic E-state index is 5.73. The van der Waals surface area contributed by atoms with Crippen molar-refractivity contribution >= 4 is 0 Å². The Labute approximate surface area is 113 Å². The van der Waals surface area contributed by atoms with E-state index in [4.69, 9.17) is 4.74 Å².